The lowest BCUT2D eigenvalue weighted by atomic mass is 10.2. The molecule has 6 nitrogen and oxygen atoms in total. The fourth-order valence-electron chi connectivity index (χ4n) is 1.56. The van der Waals surface area contributed by atoms with Crippen LogP contribution in [0.15, 0.2) is 24.3 Å². The zero-order valence-corrected chi connectivity index (χ0v) is 10.2. The number of hydrazine groups is 1. The SMILES string of the molecule is CO[C@H]1CC(=O)N1NC(C)=O.c1cc2cc(c1)O2. The van der Waals surface area contributed by atoms with Crippen molar-refractivity contribution in [1.82, 2.24) is 10.4 Å². The third kappa shape index (κ3) is 2.60. The maximum Gasteiger partial charge on any atom is 0.248 e. The predicted molar refractivity (Wildman–Crippen MR) is 62.6 cm³/mol. The molecule has 1 N–H and O–H groups in total. The van der Waals surface area contributed by atoms with Crippen LogP contribution in [0.25, 0.3) is 0 Å². The Morgan fingerprint density at radius 2 is 2.11 bits per heavy atom. The van der Waals surface area contributed by atoms with Gasteiger partial charge in [-0.2, -0.15) is 0 Å². The van der Waals surface area contributed by atoms with E-state index >= 15 is 0 Å². The fourth-order valence-corrected chi connectivity index (χ4v) is 1.56. The number of benzene rings is 1. The number of rotatable bonds is 2. The molecular formula is C12H14N2O4. The van der Waals surface area contributed by atoms with Crippen LogP contribution in [0.3, 0.4) is 0 Å². The van der Waals surface area contributed by atoms with Gasteiger partial charge in [0.15, 0.2) is 6.23 Å². The van der Waals surface area contributed by atoms with Crippen molar-refractivity contribution in [3.63, 3.8) is 0 Å². The Kier molecular flexibility index (Phi) is 3.47. The third-order valence-electron chi connectivity index (χ3n) is 2.50. The summed E-state index contributed by atoms with van der Waals surface area (Å²) in [6.07, 6.45) is 0.0583. The van der Waals surface area contributed by atoms with Crippen molar-refractivity contribution in [2.24, 2.45) is 0 Å². The van der Waals surface area contributed by atoms with Crippen LogP contribution in [0.5, 0.6) is 11.5 Å². The van der Waals surface area contributed by atoms with Crippen molar-refractivity contribution >= 4 is 11.8 Å². The highest BCUT2D eigenvalue weighted by molar-refractivity contribution is 5.85. The first-order valence-corrected chi connectivity index (χ1v) is 5.50. The highest BCUT2D eigenvalue weighted by atomic mass is 16.5. The second-order valence-electron chi connectivity index (χ2n) is 3.90. The average Bonchev–Trinajstić information content (AvgIpc) is 2.34. The van der Waals surface area contributed by atoms with Crippen molar-refractivity contribution in [2.75, 3.05) is 7.11 Å². The highest BCUT2D eigenvalue weighted by Crippen LogP contribution is 2.32. The monoisotopic (exact) mass is 250 g/mol. The number of amides is 2. The van der Waals surface area contributed by atoms with Crippen molar-refractivity contribution in [3.05, 3.63) is 24.3 Å². The van der Waals surface area contributed by atoms with E-state index in [9.17, 15) is 9.59 Å². The molecule has 0 spiro atoms. The number of carbonyl (C=O) groups is 2. The molecule has 18 heavy (non-hydrogen) atoms. The van der Waals surface area contributed by atoms with Crippen LogP contribution in [-0.4, -0.2) is 30.2 Å². The van der Waals surface area contributed by atoms with E-state index in [2.05, 4.69) is 5.43 Å². The lowest BCUT2D eigenvalue weighted by Gasteiger charge is -2.38. The van der Waals surface area contributed by atoms with Crippen LogP contribution < -0.4 is 10.2 Å². The largest absolute Gasteiger partial charge is 0.457 e. The number of nitrogens with zero attached hydrogens (tertiary/aromatic N) is 1. The van der Waals surface area contributed by atoms with E-state index in [1.807, 2.05) is 24.3 Å². The topological polar surface area (TPSA) is 67.9 Å². The molecule has 96 valence electrons. The number of nitrogens with one attached hydrogen (secondary N) is 1. The van der Waals surface area contributed by atoms with Crippen molar-refractivity contribution < 1.29 is 19.1 Å². The molecule has 1 aromatic rings. The minimum Gasteiger partial charge on any atom is -0.457 e. The van der Waals surface area contributed by atoms with Gasteiger partial charge in [-0.3, -0.25) is 15.0 Å². The molecule has 3 heterocycles. The number of carbonyl (C=O) groups excluding carboxylic acids is 2. The molecule has 6 heteroatoms. The number of hydrogen-bond donors (Lipinski definition) is 1. The minimum absolute atomic E-state index is 0.118. The summed E-state index contributed by atoms with van der Waals surface area (Å²) in [5, 5.41) is 1.18. The number of β-lactam (4-membered cyclic amide) rings is 1. The van der Waals surface area contributed by atoms with Crippen LogP contribution >= 0.6 is 0 Å². The molecule has 1 fully saturated rings. The first-order valence-electron chi connectivity index (χ1n) is 5.50. The van der Waals surface area contributed by atoms with Crippen LogP contribution in [-0.2, 0) is 14.3 Å². The van der Waals surface area contributed by atoms with Gasteiger partial charge in [0.1, 0.15) is 11.5 Å². The normalized spacial score (nSPS) is 18.7. The maximum atomic E-state index is 10.8. The Hall–Kier alpha value is -2.08. The Bertz CT molecular complexity index is 450. The molecule has 0 saturated carbocycles. The van der Waals surface area contributed by atoms with E-state index in [1.165, 1.54) is 19.0 Å². The maximum absolute atomic E-state index is 10.8. The first kappa shape index (κ1) is 12.4. The molecule has 4 rings (SSSR count). The Labute approximate surface area is 104 Å². The van der Waals surface area contributed by atoms with Crippen molar-refractivity contribution in [1.29, 1.82) is 0 Å². The van der Waals surface area contributed by atoms with Gasteiger partial charge < -0.3 is 9.47 Å². The van der Waals surface area contributed by atoms with Crippen LogP contribution in [0.2, 0.25) is 0 Å². The van der Waals surface area contributed by atoms with E-state index in [0.29, 0.717) is 6.42 Å². The summed E-state index contributed by atoms with van der Waals surface area (Å²) in [7, 11) is 1.49. The summed E-state index contributed by atoms with van der Waals surface area (Å²) < 4.78 is 9.87. The average molecular weight is 250 g/mol. The van der Waals surface area contributed by atoms with Crippen LogP contribution in [0.4, 0.5) is 0 Å². The minimum atomic E-state index is -0.286. The van der Waals surface area contributed by atoms with Crippen molar-refractivity contribution in [2.45, 2.75) is 19.6 Å². The second kappa shape index (κ2) is 5.05. The van der Waals surface area contributed by atoms with E-state index in [1.54, 1.807) is 0 Å². The third-order valence-corrected chi connectivity index (χ3v) is 2.50. The summed E-state index contributed by atoms with van der Waals surface area (Å²) >= 11 is 0. The zero-order chi connectivity index (χ0) is 13.1. The Morgan fingerprint density at radius 1 is 1.50 bits per heavy atom. The summed E-state index contributed by atoms with van der Waals surface area (Å²) in [6, 6.07) is 7.86. The molecule has 0 unspecified atom stereocenters. The lowest BCUT2D eigenvalue weighted by Crippen LogP contribution is -2.61. The number of ether oxygens (including phenoxy) is 2. The number of hydrogen-bond acceptors (Lipinski definition) is 4. The van der Waals surface area contributed by atoms with Crippen LogP contribution in [0, 0.1) is 0 Å². The van der Waals surface area contributed by atoms with Gasteiger partial charge in [0.25, 0.3) is 0 Å². The quantitative estimate of drug-likeness (QED) is 0.808. The molecule has 2 amide bonds. The molecule has 0 radical (unpaired) electrons. The van der Waals surface area contributed by atoms with Gasteiger partial charge in [-0.25, -0.2) is 5.01 Å². The highest BCUT2D eigenvalue weighted by Gasteiger charge is 2.36. The van der Waals surface area contributed by atoms with Gasteiger partial charge >= 0.3 is 0 Å². The van der Waals surface area contributed by atoms with E-state index in [-0.39, 0.29) is 18.0 Å². The molecule has 0 aromatic heterocycles. The molecule has 1 saturated heterocycles. The number of fused-ring (bicyclic) bond motifs is 2. The van der Waals surface area contributed by atoms with Crippen LogP contribution in [0.1, 0.15) is 13.3 Å². The molecule has 3 aliphatic heterocycles. The van der Waals surface area contributed by atoms with Gasteiger partial charge in [-0.1, -0.05) is 6.07 Å². The zero-order valence-electron chi connectivity index (χ0n) is 10.2. The van der Waals surface area contributed by atoms with Gasteiger partial charge in [-0.15, -0.1) is 0 Å². The number of methoxy groups -OCH3 is 1. The Balaban J connectivity index is 0.000000146. The van der Waals surface area contributed by atoms with E-state index in [4.69, 9.17) is 9.47 Å². The second-order valence-corrected chi connectivity index (χ2v) is 3.90. The van der Waals surface area contributed by atoms with E-state index in [0.717, 1.165) is 11.5 Å². The smallest absolute Gasteiger partial charge is 0.248 e. The first-order chi connectivity index (χ1) is 8.60. The standard InChI is InChI=1S/C6H10N2O3.C6H4O/c1-4(9)7-8-5(10)3-6(8)11-2;1-2-5-4-6(3-1)7-5/h6H,3H2,1-2H3,(H,7,9);1-4H/t6-;/m0./s1. The van der Waals surface area contributed by atoms with Crippen molar-refractivity contribution in [3.8, 4) is 11.5 Å². The molecule has 3 aliphatic rings. The predicted octanol–water partition coefficient (Wildman–Crippen LogP) is 1.03. The lowest BCUT2D eigenvalue weighted by molar-refractivity contribution is -0.181. The fraction of sp³-hybridized carbons (Fsp3) is 0.333. The molecule has 1 atom stereocenters. The van der Waals surface area contributed by atoms with E-state index < -0.39 is 0 Å². The summed E-state index contributed by atoms with van der Waals surface area (Å²) in [5.74, 6) is 1.59. The molecule has 1 aromatic carbocycles. The van der Waals surface area contributed by atoms with Gasteiger partial charge in [0.05, 0.1) is 6.42 Å². The van der Waals surface area contributed by atoms with Gasteiger partial charge in [0.2, 0.25) is 11.8 Å². The Morgan fingerprint density at radius 3 is 2.39 bits per heavy atom. The van der Waals surface area contributed by atoms with Gasteiger partial charge in [0, 0.05) is 20.1 Å². The summed E-state index contributed by atoms with van der Waals surface area (Å²) in [6.45, 7) is 1.35. The molecular weight excluding hydrogens is 236 g/mol. The molecule has 2 bridgehead atoms. The summed E-state index contributed by atoms with van der Waals surface area (Å²) in [4.78, 5) is 21.3. The molecule has 0 aliphatic carbocycles. The van der Waals surface area contributed by atoms with Gasteiger partial charge in [-0.05, 0) is 12.1 Å². The summed E-state index contributed by atoms with van der Waals surface area (Å²) in [5.41, 5.74) is 2.35.